The third-order valence-electron chi connectivity index (χ3n) is 6.05. The molecule has 158 valence electrons. The molecular weight excluding hydrogens is 387 g/mol. The third-order valence-corrected chi connectivity index (χ3v) is 6.05. The molecule has 2 saturated heterocycles. The Labute approximate surface area is 175 Å². The lowest BCUT2D eigenvalue weighted by atomic mass is 9.85. The van der Waals surface area contributed by atoms with Gasteiger partial charge in [-0.05, 0) is 44.4 Å². The highest BCUT2D eigenvalue weighted by Gasteiger charge is 2.38. The summed E-state index contributed by atoms with van der Waals surface area (Å²) >= 11 is 0. The Morgan fingerprint density at radius 2 is 1.78 bits per heavy atom. The number of piperidine rings is 1. The fourth-order valence-corrected chi connectivity index (χ4v) is 4.58. The van der Waals surface area contributed by atoms with Gasteiger partial charge in [0.15, 0.2) is 0 Å². The number of halogens is 2. The molecule has 3 N–H and O–H groups in total. The quantitative estimate of drug-likeness (QED) is 0.610. The number of carbonyl (C=O) groups excluding carboxylic acids is 2. The number of amides is 2. The Bertz CT molecular complexity index is 459. The van der Waals surface area contributed by atoms with Gasteiger partial charge in [-0.1, -0.05) is 19.8 Å². The minimum atomic E-state index is 0. The second-order valence-corrected chi connectivity index (χ2v) is 8.01. The average molecular weight is 423 g/mol. The maximum absolute atomic E-state index is 12.6. The zero-order chi connectivity index (χ0) is 17.6. The fraction of sp³-hybridized carbons (Fsp3) is 0.895. The maximum atomic E-state index is 12.6. The first-order chi connectivity index (χ1) is 12.2. The first-order valence-electron chi connectivity index (χ1n) is 10.2. The van der Waals surface area contributed by atoms with Gasteiger partial charge < -0.3 is 16.0 Å². The molecule has 2 aliphatic heterocycles. The van der Waals surface area contributed by atoms with E-state index in [4.69, 9.17) is 0 Å². The molecule has 8 heteroatoms. The predicted octanol–water partition coefficient (Wildman–Crippen LogP) is 1.86. The molecule has 0 aromatic heterocycles. The molecular formula is C19H36Cl2N4O2. The van der Waals surface area contributed by atoms with E-state index >= 15 is 0 Å². The standard InChI is InChI=1S/C19H34N4O2.2ClH/c1-2-9-20-18(24)13-23-10-7-15(8-11-23)21-19(25)17-12-14-5-3-4-6-16(14)22-17;;/h14-17,22H,2-13H2,1H3,(H,20,24)(H,21,25);2*1H. The number of hydrogen-bond acceptors (Lipinski definition) is 4. The van der Waals surface area contributed by atoms with E-state index in [1.807, 2.05) is 0 Å². The van der Waals surface area contributed by atoms with Crippen LogP contribution in [0.3, 0.4) is 0 Å². The summed E-state index contributed by atoms with van der Waals surface area (Å²) in [5.74, 6) is 1.00. The van der Waals surface area contributed by atoms with Crippen molar-refractivity contribution in [3.63, 3.8) is 0 Å². The van der Waals surface area contributed by atoms with E-state index in [0.717, 1.165) is 45.3 Å². The Balaban J connectivity index is 0.00000182. The van der Waals surface area contributed by atoms with Gasteiger partial charge in [0.05, 0.1) is 12.6 Å². The number of fused-ring (bicyclic) bond motifs is 1. The number of nitrogens with one attached hydrogen (secondary N) is 3. The van der Waals surface area contributed by atoms with E-state index < -0.39 is 0 Å². The van der Waals surface area contributed by atoms with E-state index in [-0.39, 0.29) is 48.7 Å². The van der Waals surface area contributed by atoms with E-state index in [1.165, 1.54) is 25.7 Å². The zero-order valence-electron chi connectivity index (χ0n) is 16.4. The molecule has 0 spiro atoms. The fourth-order valence-electron chi connectivity index (χ4n) is 4.58. The van der Waals surface area contributed by atoms with Crippen LogP contribution in [-0.4, -0.2) is 61.0 Å². The number of rotatable bonds is 6. The van der Waals surface area contributed by atoms with Crippen molar-refractivity contribution >= 4 is 36.6 Å². The summed E-state index contributed by atoms with van der Waals surface area (Å²) in [6.45, 7) is 5.06. The topological polar surface area (TPSA) is 73.5 Å². The van der Waals surface area contributed by atoms with Crippen LogP contribution < -0.4 is 16.0 Å². The Hall–Kier alpha value is -0.560. The first-order valence-corrected chi connectivity index (χ1v) is 10.2. The molecule has 3 fully saturated rings. The van der Waals surface area contributed by atoms with Crippen LogP contribution in [0.4, 0.5) is 0 Å². The van der Waals surface area contributed by atoms with Crippen LogP contribution in [0, 0.1) is 5.92 Å². The smallest absolute Gasteiger partial charge is 0.237 e. The molecule has 1 saturated carbocycles. The van der Waals surface area contributed by atoms with Crippen molar-refractivity contribution in [3.8, 4) is 0 Å². The van der Waals surface area contributed by atoms with Crippen LogP contribution in [0.2, 0.25) is 0 Å². The molecule has 0 bridgehead atoms. The highest BCUT2D eigenvalue weighted by atomic mass is 35.5. The summed E-state index contributed by atoms with van der Waals surface area (Å²) in [5.41, 5.74) is 0. The number of nitrogens with zero attached hydrogens (tertiary/aromatic N) is 1. The normalized spacial score (nSPS) is 28.4. The van der Waals surface area contributed by atoms with Crippen LogP contribution in [0.15, 0.2) is 0 Å². The lowest BCUT2D eigenvalue weighted by Crippen LogP contribution is -2.51. The molecule has 3 rings (SSSR count). The predicted molar refractivity (Wildman–Crippen MR) is 113 cm³/mol. The summed E-state index contributed by atoms with van der Waals surface area (Å²) in [6, 6.07) is 0.825. The molecule has 2 amide bonds. The van der Waals surface area contributed by atoms with Gasteiger partial charge in [0.1, 0.15) is 0 Å². The number of hydrogen-bond donors (Lipinski definition) is 3. The van der Waals surface area contributed by atoms with Crippen molar-refractivity contribution < 1.29 is 9.59 Å². The van der Waals surface area contributed by atoms with Crippen LogP contribution in [0.25, 0.3) is 0 Å². The summed E-state index contributed by atoms with van der Waals surface area (Å²) in [6.07, 6.45) is 8.98. The van der Waals surface area contributed by atoms with E-state index in [0.29, 0.717) is 18.5 Å². The first kappa shape index (κ1) is 24.5. The van der Waals surface area contributed by atoms with Gasteiger partial charge in [-0.2, -0.15) is 0 Å². The molecule has 27 heavy (non-hydrogen) atoms. The minimum Gasteiger partial charge on any atom is -0.355 e. The van der Waals surface area contributed by atoms with Gasteiger partial charge in [0.25, 0.3) is 0 Å². The zero-order valence-corrected chi connectivity index (χ0v) is 18.0. The van der Waals surface area contributed by atoms with E-state index in [9.17, 15) is 9.59 Å². The Morgan fingerprint density at radius 3 is 2.44 bits per heavy atom. The van der Waals surface area contributed by atoms with Gasteiger partial charge in [-0.15, -0.1) is 24.8 Å². The van der Waals surface area contributed by atoms with Gasteiger partial charge in [-0.25, -0.2) is 0 Å². The Morgan fingerprint density at radius 1 is 1.07 bits per heavy atom. The van der Waals surface area contributed by atoms with Crippen LogP contribution in [0.5, 0.6) is 0 Å². The van der Waals surface area contributed by atoms with Crippen molar-refractivity contribution in [2.75, 3.05) is 26.2 Å². The van der Waals surface area contributed by atoms with Crippen molar-refractivity contribution in [2.24, 2.45) is 5.92 Å². The van der Waals surface area contributed by atoms with E-state index in [2.05, 4.69) is 27.8 Å². The summed E-state index contributed by atoms with van der Waals surface area (Å²) < 4.78 is 0. The highest BCUT2D eigenvalue weighted by Crippen LogP contribution is 2.33. The Kier molecular flexibility index (Phi) is 11.0. The molecule has 3 atom stereocenters. The van der Waals surface area contributed by atoms with Crippen LogP contribution in [-0.2, 0) is 9.59 Å². The summed E-state index contributed by atoms with van der Waals surface area (Å²) in [4.78, 5) is 26.6. The second kappa shape index (κ2) is 12.1. The third kappa shape index (κ3) is 7.08. The highest BCUT2D eigenvalue weighted by molar-refractivity contribution is 5.85. The molecule has 3 unspecified atom stereocenters. The van der Waals surface area contributed by atoms with Gasteiger partial charge in [-0.3, -0.25) is 14.5 Å². The number of likely N-dealkylation sites (tertiary alicyclic amines) is 1. The molecule has 0 aromatic carbocycles. The van der Waals surface area contributed by atoms with Crippen LogP contribution >= 0.6 is 24.8 Å². The molecule has 6 nitrogen and oxygen atoms in total. The SMILES string of the molecule is CCCNC(=O)CN1CCC(NC(=O)C2CC3CCCCC3N2)CC1.Cl.Cl. The lowest BCUT2D eigenvalue weighted by molar-refractivity contribution is -0.125. The molecule has 1 aliphatic carbocycles. The molecule has 3 aliphatic rings. The average Bonchev–Trinajstić information content (AvgIpc) is 3.06. The summed E-state index contributed by atoms with van der Waals surface area (Å²) in [7, 11) is 0. The minimum absolute atomic E-state index is 0. The van der Waals surface area contributed by atoms with E-state index in [1.54, 1.807) is 0 Å². The molecule has 0 radical (unpaired) electrons. The van der Waals surface area contributed by atoms with Crippen molar-refractivity contribution in [2.45, 2.75) is 76.4 Å². The van der Waals surface area contributed by atoms with Crippen molar-refractivity contribution in [3.05, 3.63) is 0 Å². The molecule has 0 aromatic rings. The van der Waals surface area contributed by atoms with Gasteiger partial charge in [0.2, 0.25) is 11.8 Å². The van der Waals surface area contributed by atoms with Gasteiger partial charge >= 0.3 is 0 Å². The summed E-state index contributed by atoms with van der Waals surface area (Å²) in [5, 5.41) is 9.74. The second-order valence-electron chi connectivity index (χ2n) is 8.01. The van der Waals surface area contributed by atoms with Crippen molar-refractivity contribution in [1.29, 1.82) is 0 Å². The molecule has 2 heterocycles. The van der Waals surface area contributed by atoms with Gasteiger partial charge in [0, 0.05) is 31.7 Å². The monoisotopic (exact) mass is 422 g/mol. The maximum Gasteiger partial charge on any atom is 0.237 e. The largest absolute Gasteiger partial charge is 0.355 e. The van der Waals surface area contributed by atoms with Crippen molar-refractivity contribution in [1.82, 2.24) is 20.9 Å². The lowest BCUT2D eigenvalue weighted by Gasteiger charge is -2.32. The van der Waals surface area contributed by atoms with Crippen LogP contribution in [0.1, 0.15) is 58.3 Å². The number of carbonyl (C=O) groups is 2.